The van der Waals surface area contributed by atoms with Crippen LogP contribution in [0.1, 0.15) is 10.4 Å². The lowest BCUT2D eigenvalue weighted by atomic mass is 10.2. The second-order valence-electron chi connectivity index (χ2n) is 5.57. The molecule has 5 nitrogen and oxygen atoms in total. The number of sulfone groups is 1. The minimum absolute atomic E-state index is 0.0768. The zero-order valence-electron chi connectivity index (χ0n) is 12.5. The van der Waals surface area contributed by atoms with Crippen molar-refractivity contribution >= 4 is 55.9 Å². The van der Waals surface area contributed by atoms with E-state index in [1.165, 1.54) is 23.9 Å². The molecule has 0 aliphatic carbocycles. The van der Waals surface area contributed by atoms with E-state index >= 15 is 0 Å². The molecule has 0 N–H and O–H groups in total. The van der Waals surface area contributed by atoms with Crippen molar-refractivity contribution in [1.29, 1.82) is 0 Å². The second-order valence-corrected chi connectivity index (χ2v) is 9.77. The first-order valence-corrected chi connectivity index (χ1v) is 10.6. The highest BCUT2D eigenvalue weighted by molar-refractivity contribution is 8.15. The Hall–Kier alpha value is -1.02. The lowest BCUT2D eigenvalue weighted by Gasteiger charge is -2.22. The molecule has 1 amide bonds. The molecule has 2 atom stereocenters. The molecule has 2 fully saturated rings. The molecule has 2 heterocycles. The van der Waals surface area contributed by atoms with Gasteiger partial charge in [-0.2, -0.15) is 4.99 Å². The highest BCUT2D eigenvalue weighted by atomic mass is 35.5. The van der Waals surface area contributed by atoms with Crippen LogP contribution < -0.4 is 0 Å². The third-order valence-electron chi connectivity index (χ3n) is 3.86. The van der Waals surface area contributed by atoms with Crippen LogP contribution in [-0.2, 0) is 9.84 Å². The maximum Gasteiger partial charge on any atom is 0.280 e. The zero-order valence-corrected chi connectivity index (χ0v) is 15.6. The Kier molecular flexibility index (Phi) is 4.97. The Labute approximate surface area is 154 Å². The zero-order chi connectivity index (χ0) is 17.5. The average Bonchev–Trinajstić information content (AvgIpc) is 2.92. The van der Waals surface area contributed by atoms with Gasteiger partial charge in [0, 0.05) is 16.8 Å². The Morgan fingerprint density at radius 2 is 2.17 bits per heavy atom. The summed E-state index contributed by atoms with van der Waals surface area (Å²) in [5.41, 5.74) is 0.261. The van der Waals surface area contributed by atoms with E-state index in [-0.39, 0.29) is 33.4 Å². The Morgan fingerprint density at radius 3 is 2.83 bits per heavy atom. The fraction of sp³-hybridized carbons (Fsp3) is 0.333. The number of carbonyl (C=O) groups is 1. The summed E-state index contributed by atoms with van der Waals surface area (Å²) < 4.78 is 23.6. The topological polar surface area (TPSA) is 66.8 Å². The molecule has 128 valence electrons. The molecule has 1 aromatic carbocycles. The number of carbonyl (C=O) groups excluding carboxylic acids is 1. The van der Waals surface area contributed by atoms with Gasteiger partial charge in [0.25, 0.3) is 5.91 Å². The predicted octanol–water partition coefficient (Wildman–Crippen LogP) is 2.89. The number of fused-ring (bicyclic) bond motifs is 1. The molecule has 2 aliphatic heterocycles. The van der Waals surface area contributed by atoms with Crippen molar-refractivity contribution in [3.63, 3.8) is 0 Å². The van der Waals surface area contributed by atoms with Crippen molar-refractivity contribution in [3.8, 4) is 0 Å². The normalized spacial score (nSPS) is 26.6. The molecule has 0 saturated carbocycles. The highest BCUT2D eigenvalue weighted by Crippen LogP contribution is 2.38. The molecule has 3 rings (SSSR count). The second kappa shape index (κ2) is 6.71. The van der Waals surface area contributed by atoms with Crippen molar-refractivity contribution in [2.45, 2.75) is 11.3 Å². The van der Waals surface area contributed by atoms with Gasteiger partial charge in [-0.25, -0.2) is 8.42 Å². The Bertz CT molecular complexity index is 839. The number of amidine groups is 1. The van der Waals surface area contributed by atoms with Gasteiger partial charge in [0.1, 0.15) is 0 Å². The first kappa shape index (κ1) is 17.8. The maximum atomic E-state index is 12.4. The quantitative estimate of drug-likeness (QED) is 0.724. The van der Waals surface area contributed by atoms with Gasteiger partial charge in [0.15, 0.2) is 15.0 Å². The van der Waals surface area contributed by atoms with Crippen LogP contribution in [0.5, 0.6) is 0 Å². The number of hydrogen-bond donors (Lipinski definition) is 0. The van der Waals surface area contributed by atoms with Gasteiger partial charge >= 0.3 is 0 Å². The molecular formula is C15H14Cl2N2O3S2. The largest absolute Gasteiger partial charge is 0.342 e. The third-order valence-corrected chi connectivity index (χ3v) is 7.65. The number of thioether (sulfide) groups is 1. The number of nitrogens with zero attached hydrogens (tertiary/aromatic N) is 2. The highest BCUT2D eigenvalue weighted by Gasteiger charge is 2.48. The molecule has 2 saturated heterocycles. The van der Waals surface area contributed by atoms with E-state index in [2.05, 4.69) is 11.6 Å². The van der Waals surface area contributed by atoms with Crippen LogP contribution in [-0.4, -0.2) is 53.7 Å². The van der Waals surface area contributed by atoms with Gasteiger partial charge in [0.05, 0.1) is 28.1 Å². The molecule has 0 bridgehead atoms. The van der Waals surface area contributed by atoms with E-state index in [1.54, 1.807) is 12.1 Å². The molecule has 1 aromatic rings. The SMILES string of the molecule is C=CCN1C(=NC(=O)c2ccc(Cl)cc2Cl)SC2CS(=O)(=O)CC21. The lowest BCUT2D eigenvalue weighted by Crippen LogP contribution is -2.37. The molecule has 0 spiro atoms. The molecular weight excluding hydrogens is 391 g/mol. The number of rotatable bonds is 3. The van der Waals surface area contributed by atoms with Crippen molar-refractivity contribution in [2.24, 2.45) is 4.99 Å². The predicted molar refractivity (Wildman–Crippen MR) is 99.0 cm³/mol. The van der Waals surface area contributed by atoms with E-state index in [9.17, 15) is 13.2 Å². The van der Waals surface area contributed by atoms with E-state index < -0.39 is 15.7 Å². The monoisotopic (exact) mass is 404 g/mol. The van der Waals surface area contributed by atoms with Crippen LogP contribution in [0.15, 0.2) is 35.8 Å². The van der Waals surface area contributed by atoms with Crippen molar-refractivity contribution in [1.82, 2.24) is 4.90 Å². The molecule has 0 aromatic heterocycles. The molecule has 24 heavy (non-hydrogen) atoms. The van der Waals surface area contributed by atoms with E-state index in [4.69, 9.17) is 23.2 Å². The minimum atomic E-state index is -3.04. The summed E-state index contributed by atoms with van der Waals surface area (Å²) in [6.07, 6.45) is 1.67. The summed E-state index contributed by atoms with van der Waals surface area (Å²) in [6, 6.07) is 4.41. The average molecular weight is 405 g/mol. The molecule has 2 unspecified atom stereocenters. The summed E-state index contributed by atoms with van der Waals surface area (Å²) in [4.78, 5) is 18.4. The van der Waals surface area contributed by atoms with Crippen molar-refractivity contribution in [2.75, 3.05) is 18.1 Å². The van der Waals surface area contributed by atoms with Gasteiger partial charge in [-0.05, 0) is 18.2 Å². The van der Waals surface area contributed by atoms with Gasteiger partial charge in [-0.15, -0.1) is 6.58 Å². The first-order valence-electron chi connectivity index (χ1n) is 7.13. The smallest absolute Gasteiger partial charge is 0.280 e. The number of aliphatic imine (C=N–C) groups is 1. The summed E-state index contributed by atoms with van der Waals surface area (Å²) in [6.45, 7) is 4.13. The summed E-state index contributed by atoms with van der Waals surface area (Å²) in [5, 5.41) is 1.07. The van der Waals surface area contributed by atoms with Crippen LogP contribution in [0, 0.1) is 0 Å². The molecule has 0 radical (unpaired) electrons. The fourth-order valence-electron chi connectivity index (χ4n) is 2.80. The minimum Gasteiger partial charge on any atom is -0.342 e. The summed E-state index contributed by atoms with van der Waals surface area (Å²) in [7, 11) is -3.04. The van der Waals surface area contributed by atoms with Crippen LogP contribution >= 0.6 is 35.0 Å². The van der Waals surface area contributed by atoms with E-state index in [0.717, 1.165) is 0 Å². The van der Waals surface area contributed by atoms with Crippen LogP contribution in [0.25, 0.3) is 0 Å². The van der Waals surface area contributed by atoms with Crippen LogP contribution in [0.2, 0.25) is 10.0 Å². The van der Waals surface area contributed by atoms with E-state index in [0.29, 0.717) is 16.7 Å². The van der Waals surface area contributed by atoms with Crippen LogP contribution in [0.3, 0.4) is 0 Å². The Morgan fingerprint density at radius 1 is 1.42 bits per heavy atom. The standard InChI is InChI=1S/C15H14Cl2N2O3S2/c1-2-5-19-12-7-24(21,22)8-13(12)23-15(19)18-14(20)10-4-3-9(16)6-11(10)17/h2-4,6,12-13H,1,5,7-8H2. The van der Waals surface area contributed by atoms with E-state index in [1.807, 2.05) is 4.90 Å². The maximum absolute atomic E-state index is 12.4. The summed E-state index contributed by atoms with van der Waals surface area (Å²) in [5.74, 6) is -0.297. The number of hydrogen-bond acceptors (Lipinski definition) is 4. The summed E-state index contributed by atoms with van der Waals surface area (Å²) >= 11 is 13.2. The molecule has 9 heteroatoms. The Balaban J connectivity index is 1.89. The number of halogens is 2. The van der Waals surface area contributed by atoms with Gasteiger partial charge in [-0.1, -0.05) is 41.0 Å². The molecule has 2 aliphatic rings. The number of benzene rings is 1. The van der Waals surface area contributed by atoms with Gasteiger partial charge < -0.3 is 4.90 Å². The third kappa shape index (κ3) is 3.49. The fourth-order valence-corrected chi connectivity index (χ4v) is 7.25. The van der Waals surface area contributed by atoms with Crippen molar-refractivity contribution in [3.05, 3.63) is 46.5 Å². The van der Waals surface area contributed by atoms with Gasteiger partial charge in [-0.3, -0.25) is 4.79 Å². The first-order chi connectivity index (χ1) is 11.3. The van der Waals surface area contributed by atoms with Gasteiger partial charge in [0.2, 0.25) is 0 Å². The number of amides is 1. The van der Waals surface area contributed by atoms with Crippen molar-refractivity contribution < 1.29 is 13.2 Å². The van der Waals surface area contributed by atoms with Crippen LogP contribution in [0.4, 0.5) is 0 Å². The lowest BCUT2D eigenvalue weighted by molar-refractivity contribution is 0.100.